The number of nitrogens with zero attached hydrogens (tertiary/aromatic N) is 1. The van der Waals surface area contributed by atoms with Gasteiger partial charge in [0.1, 0.15) is 9.84 Å². The number of hydrogen-bond acceptors (Lipinski definition) is 4. The molecule has 3 atom stereocenters. The van der Waals surface area contributed by atoms with Gasteiger partial charge in [0.2, 0.25) is 0 Å². The van der Waals surface area contributed by atoms with Crippen LogP contribution in [0.4, 0.5) is 0 Å². The molecule has 0 aliphatic carbocycles. The molecule has 0 spiro atoms. The van der Waals surface area contributed by atoms with Crippen LogP contribution in [-0.2, 0) is 9.84 Å². The van der Waals surface area contributed by atoms with Crippen molar-refractivity contribution in [1.82, 2.24) is 10.2 Å². The van der Waals surface area contributed by atoms with Crippen molar-refractivity contribution in [2.45, 2.75) is 53.1 Å². The average molecular weight is 305 g/mol. The summed E-state index contributed by atoms with van der Waals surface area (Å²) in [6, 6.07) is 0.864. The summed E-state index contributed by atoms with van der Waals surface area (Å²) in [5, 5.41) is 3.66. The highest BCUT2D eigenvalue weighted by Gasteiger charge is 2.36. The van der Waals surface area contributed by atoms with Gasteiger partial charge in [-0.2, -0.15) is 0 Å². The molecule has 20 heavy (non-hydrogen) atoms. The van der Waals surface area contributed by atoms with Gasteiger partial charge >= 0.3 is 0 Å². The quantitative estimate of drug-likeness (QED) is 0.841. The Labute approximate surface area is 125 Å². The molecular weight excluding hydrogens is 272 g/mol. The first-order chi connectivity index (χ1) is 9.04. The first-order valence-electron chi connectivity index (χ1n) is 7.69. The summed E-state index contributed by atoms with van der Waals surface area (Å²) in [5.41, 5.74) is 0.158. The van der Waals surface area contributed by atoms with E-state index in [2.05, 4.69) is 44.8 Å². The molecule has 120 valence electrons. The molecule has 4 nitrogen and oxygen atoms in total. The molecule has 5 heteroatoms. The van der Waals surface area contributed by atoms with Gasteiger partial charge in [-0.1, -0.05) is 41.0 Å². The molecule has 1 saturated heterocycles. The molecule has 0 amide bonds. The van der Waals surface area contributed by atoms with Crippen LogP contribution in [0.1, 0.15) is 41.0 Å². The zero-order valence-electron chi connectivity index (χ0n) is 13.9. The van der Waals surface area contributed by atoms with E-state index in [1.165, 1.54) is 6.26 Å². The smallest absolute Gasteiger partial charge is 0.148 e. The molecule has 1 aliphatic heterocycles. The second-order valence-corrected chi connectivity index (χ2v) is 9.67. The Morgan fingerprint density at radius 2 is 1.95 bits per heavy atom. The lowest BCUT2D eigenvalue weighted by Crippen LogP contribution is -2.62. The van der Waals surface area contributed by atoms with Crippen molar-refractivity contribution in [2.75, 3.05) is 31.6 Å². The maximum Gasteiger partial charge on any atom is 0.148 e. The molecule has 0 aromatic carbocycles. The molecule has 1 rings (SSSR count). The maximum atomic E-state index is 11.5. The van der Waals surface area contributed by atoms with Crippen LogP contribution in [0.3, 0.4) is 0 Å². The molecule has 0 radical (unpaired) electrons. The molecular formula is C15H32N2O2S. The Bertz CT molecular complexity index is 401. The Balaban J connectivity index is 2.78. The van der Waals surface area contributed by atoms with Crippen molar-refractivity contribution in [1.29, 1.82) is 0 Å². The van der Waals surface area contributed by atoms with Crippen LogP contribution < -0.4 is 5.32 Å². The van der Waals surface area contributed by atoms with Gasteiger partial charge in [-0.25, -0.2) is 8.42 Å². The summed E-state index contributed by atoms with van der Waals surface area (Å²) < 4.78 is 22.9. The summed E-state index contributed by atoms with van der Waals surface area (Å²) in [5.74, 6) is 0.879. The highest BCUT2D eigenvalue weighted by molar-refractivity contribution is 7.90. The normalized spacial score (nSPS) is 27.5. The minimum atomic E-state index is -2.90. The first kappa shape index (κ1) is 17.9. The van der Waals surface area contributed by atoms with Crippen molar-refractivity contribution >= 4 is 9.84 Å². The largest absolute Gasteiger partial charge is 0.311 e. The molecule has 0 saturated carbocycles. The molecule has 1 N–H and O–H groups in total. The molecule has 3 unspecified atom stereocenters. The van der Waals surface area contributed by atoms with E-state index in [1.54, 1.807) is 0 Å². The van der Waals surface area contributed by atoms with Crippen LogP contribution in [0.15, 0.2) is 0 Å². The third-order valence-electron chi connectivity index (χ3n) is 4.53. The van der Waals surface area contributed by atoms with E-state index in [9.17, 15) is 8.42 Å². The van der Waals surface area contributed by atoms with Crippen molar-refractivity contribution < 1.29 is 8.42 Å². The molecule has 0 aromatic heterocycles. The molecule has 1 aliphatic rings. The lowest BCUT2D eigenvalue weighted by atomic mass is 9.82. The van der Waals surface area contributed by atoms with Gasteiger partial charge in [0.25, 0.3) is 0 Å². The van der Waals surface area contributed by atoms with Crippen LogP contribution in [0.2, 0.25) is 0 Å². The highest BCUT2D eigenvalue weighted by Crippen LogP contribution is 2.28. The van der Waals surface area contributed by atoms with Gasteiger partial charge in [-0.15, -0.1) is 0 Å². The molecule has 0 aromatic rings. The van der Waals surface area contributed by atoms with Crippen LogP contribution in [0, 0.1) is 11.3 Å². The fraction of sp³-hybridized carbons (Fsp3) is 1.00. The van der Waals surface area contributed by atoms with Gasteiger partial charge in [0, 0.05) is 38.0 Å². The van der Waals surface area contributed by atoms with Gasteiger partial charge in [-0.05, 0) is 11.3 Å². The second-order valence-electron chi connectivity index (χ2n) is 7.41. The van der Waals surface area contributed by atoms with Crippen molar-refractivity contribution in [2.24, 2.45) is 11.3 Å². The average Bonchev–Trinajstić information content (AvgIpc) is 2.33. The fourth-order valence-corrected chi connectivity index (χ4v) is 3.45. The minimum Gasteiger partial charge on any atom is -0.311 e. The minimum absolute atomic E-state index is 0.158. The summed E-state index contributed by atoms with van der Waals surface area (Å²) in [6.45, 7) is 13.7. The second kappa shape index (κ2) is 6.75. The van der Waals surface area contributed by atoms with Gasteiger partial charge in [-0.3, -0.25) is 4.90 Å². The zero-order chi connectivity index (χ0) is 15.6. The van der Waals surface area contributed by atoms with Crippen LogP contribution in [0.5, 0.6) is 0 Å². The number of hydrogen-bond donors (Lipinski definition) is 1. The fourth-order valence-electron chi connectivity index (χ4n) is 2.89. The number of piperazine rings is 1. The SMILES string of the molecule is CCC(C)C1CN(CCS(C)(=O)=O)C(C(C)(C)C)CN1. The van der Waals surface area contributed by atoms with Crippen molar-refractivity contribution in [3.05, 3.63) is 0 Å². The van der Waals surface area contributed by atoms with E-state index in [1.807, 2.05) is 0 Å². The monoisotopic (exact) mass is 304 g/mol. The highest BCUT2D eigenvalue weighted by atomic mass is 32.2. The number of nitrogens with one attached hydrogen (secondary N) is 1. The summed E-state index contributed by atoms with van der Waals surface area (Å²) in [6.07, 6.45) is 2.48. The van der Waals surface area contributed by atoms with E-state index in [0.717, 1.165) is 19.5 Å². The molecule has 1 heterocycles. The van der Waals surface area contributed by atoms with Gasteiger partial charge < -0.3 is 5.32 Å². The van der Waals surface area contributed by atoms with Gasteiger partial charge in [0.05, 0.1) is 5.75 Å². The third kappa shape index (κ3) is 5.34. The van der Waals surface area contributed by atoms with E-state index >= 15 is 0 Å². The van der Waals surface area contributed by atoms with E-state index in [4.69, 9.17) is 0 Å². The Hall–Kier alpha value is -0.130. The third-order valence-corrected chi connectivity index (χ3v) is 5.45. The maximum absolute atomic E-state index is 11.5. The standard InChI is InChI=1S/C15H32N2O2S/c1-7-12(2)13-11-17(8-9-20(6,18)19)14(10-16-13)15(3,4)5/h12-14,16H,7-11H2,1-6H3. The van der Waals surface area contributed by atoms with Crippen molar-refractivity contribution in [3.63, 3.8) is 0 Å². The Morgan fingerprint density at radius 1 is 1.35 bits per heavy atom. The lowest BCUT2D eigenvalue weighted by Gasteiger charge is -2.47. The van der Waals surface area contributed by atoms with Crippen LogP contribution in [-0.4, -0.2) is 57.0 Å². The molecule has 0 bridgehead atoms. The van der Waals surface area contributed by atoms with Crippen LogP contribution >= 0.6 is 0 Å². The first-order valence-corrected chi connectivity index (χ1v) is 9.75. The van der Waals surface area contributed by atoms with E-state index in [0.29, 0.717) is 24.5 Å². The lowest BCUT2D eigenvalue weighted by molar-refractivity contribution is 0.0490. The van der Waals surface area contributed by atoms with Crippen LogP contribution in [0.25, 0.3) is 0 Å². The van der Waals surface area contributed by atoms with E-state index in [-0.39, 0.29) is 11.2 Å². The number of rotatable bonds is 5. The molecule has 1 fully saturated rings. The van der Waals surface area contributed by atoms with Crippen molar-refractivity contribution in [3.8, 4) is 0 Å². The summed E-state index contributed by atoms with van der Waals surface area (Å²) >= 11 is 0. The van der Waals surface area contributed by atoms with Gasteiger partial charge in [0.15, 0.2) is 0 Å². The van der Waals surface area contributed by atoms with E-state index < -0.39 is 9.84 Å². The Morgan fingerprint density at radius 3 is 2.40 bits per heavy atom. The predicted molar refractivity (Wildman–Crippen MR) is 85.8 cm³/mol. The number of sulfone groups is 1. The zero-order valence-corrected chi connectivity index (χ0v) is 14.8. The summed E-state index contributed by atoms with van der Waals surface area (Å²) in [7, 11) is -2.90. The Kier molecular flexibility index (Phi) is 6.05. The summed E-state index contributed by atoms with van der Waals surface area (Å²) in [4.78, 5) is 2.38. The topological polar surface area (TPSA) is 49.4 Å². The predicted octanol–water partition coefficient (Wildman–Crippen LogP) is 1.77.